The summed E-state index contributed by atoms with van der Waals surface area (Å²) in [7, 11) is 1.57. The first kappa shape index (κ1) is 18.5. The molecule has 3 N–H and O–H groups in total. The average molecular weight is 384 g/mol. The third-order valence-electron chi connectivity index (χ3n) is 3.72. The Morgan fingerprint density at radius 2 is 1.89 bits per heavy atom. The second-order valence-electron chi connectivity index (χ2n) is 5.52. The van der Waals surface area contributed by atoms with Gasteiger partial charge < -0.3 is 20.3 Å². The van der Waals surface area contributed by atoms with Crippen LogP contribution in [0, 0.1) is 0 Å². The highest BCUT2D eigenvalue weighted by Crippen LogP contribution is 2.37. The second-order valence-corrected chi connectivity index (χ2v) is 6.58. The van der Waals surface area contributed by atoms with Crippen LogP contribution in [0.3, 0.4) is 0 Å². The maximum atomic E-state index is 12.3. The lowest BCUT2D eigenvalue weighted by Crippen LogP contribution is -2.30. The van der Waals surface area contributed by atoms with Crippen molar-refractivity contribution in [2.24, 2.45) is 0 Å². The van der Waals surface area contributed by atoms with Crippen LogP contribution < -0.4 is 10.1 Å². The normalized spacial score (nSPS) is 10.6. The Kier molecular flexibility index (Phi) is 5.46. The predicted octanol–water partition coefficient (Wildman–Crippen LogP) is 2.91. The van der Waals surface area contributed by atoms with Gasteiger partial charge in [-0.15, -0.1) is 0 Å². The maximum Gasteiger partial charge on any atom is 0.322 e. The third kappa shape index (κ3) is 4.12. The van der Waals surface area contributed by atoms with Gasteiger partial charge in [-0.05, 0) is 18.2 Å². The molecule has 27 heavy (non-hydrogen) atoms. The molecule has 0 atom stereocenters. The molecule has 0 bridgehead atoms. The summed E-state index contributed by atoms with van der Waals surface area (Å²) in [6, 6.07) is 14.4. The van der Waals surface area contributed by atoms with Gasteiger partial charge in [0.25, 0.3) is 5.91 Å². The molecule has 138 valence electrons. The first-order valence-electron chi connectivity index (χ1n) is 7.93. The van der Waals surface area contributed by atoms with Crippen molar-refractivity contribution in [3.8, 4) is 11.5 Å². The minimum atomic E-state index is -1.19. The summed E-state index contributed by atoms with van der Waals surface area (Å²) in [6.45, 7) is -0.564. The van der Waals surface area contributed by atoms with Gasteiger partial charge >= 0.3 is 5.97 Å². The molecule has 0 saturated heterocycles. The van der Waals surface area contributed by atoms with Crippen molar-refractivity contribution in [1.82, 2.24) is 10.3 Å². The van der Waals surface area contributed by atoms with Gasteiger partial charge in [0, 0.05) is 15.7 Å². The number of carboxylic acids is 1. The van der Waals surface area contributed by atoms with Gasteiger partial charge in [0.05, 0.1) is 7.11 Å². The van der Waals surface area contributed by atoms with E-state index in [9.17, 15) is 14.7 Å². The second kappa shape index (κ2) is 7.96. The zero-order valence-electron chi connectivity index (χ0n) is 14.3. The van der Waals surface area contributed by atoms with Crippen molar-refractivity contribution in [1.29, 1.82) is 0 Å². The van der Waals surface area contributed by atoms with E-state index in [2.05, 4.69) is 10.3 Å². The standard InChI is InChI=1S/C19H16N2O5S/c1-26-11-5-4-6-12(9-11)27-19-14-8-3-2-7-13(14)17(24)16(21-19)18(25)20-10-15(22)23/h2-9,24H,10H2,1H3,(H,20,25)(H,22,23). The summed E-state index contributed by atoms with van der Waals surface area (Å²) in [4.78, 5) is 28.1. The monoisotopic (exact) mass is 384 g/mol. The number of carboxylic acid groups (broad SMARTS) is 1. The summed E-state index contributed by atoms with van der Waals surface area (Å²) in [6.07, 6.45) is 0. The summed E-state index contributed by atoms with van der Waals surface area (Å²) >= 11 is 1.31. The summed E-state index contributed by atoms with van der Waals surface area (Å²) in [5, 5.41) is 23.1. The lowest BCUT2D eigenvalue weighted by atomic mass is 10.1. The van der Waals surface area contributed by atoms with Crippen molar-refractivity contribution in [2.45, 2.75) is 9.92 Å². The van der Waals surface area contributed by atoms with Gasteiger partial charge in [-0.1, -0.05) is 42.1 Å². The van der Waals surface area contributed by atoms with Gasteiger partial charge in [0.2, 0.25) is 0 Å². The number of amides is 1. The number of fused-ring (bicyclic) bond motifs is 1. The van der Waals surface area contributed by atoms with Crippen LogP contribution >= 0.6 is 11.8 Å². The Bertz CT molecular complexity index is 1020. The summed E-state index contributed by atoms with van der Waals surface area (Å²) < 4.78 is 5.22. The molecular weight excluding hydrogens is 368 g/mol. The number of carbonyl (C=O) groups excluding carboxylic acids is 1. The van der Waals surface area contributed by atoms with E-state index in [-0.39, 0.29) is 11.4 Å². The van der Waals surface area contributed by atoms with Crippen LogP contribution in [0.2, 0.25) is 0 Å². The molecular formula is C19H16N2O5S. The van der Waals surface area contributed by atoms with Crippen LogP contribution in [-0.2, 0) is 4.79 Å². The van der Waals surface area contributed by atoms with E-state index in [1.807, 2.05) is 30.3 Å². The lowest BCUT2D eigenvalue weighted by molar-refractivity contribution is -0.135. The molecule has 0 unspecified atom stereocenters. The van der Waals surface area contributed by atoms with E-state index in [0.29, 0.717) is 21.5 Å². The Morgan fingerprint density at radius 3 is 2.59 bits per heavy atom. The van der Waals surface area contributed by atoms with Gasteiger partial charge in [-0.3, -0.25) is 9.59 Å². The molecule has 1 aromatic heterocycles. The molecule has 0 aliphatic rings. The smallest absolute Gasteiger partial charge is 0.322 e. The minimum Gasteiger partial charge on any atom is -0.505 e. The van der Waals surface area contributed by atoms with Gasteiger partial charge in [-0.25, -0.2) is 4.98 Å². The quantitative estimate of drug-likeness (QED) is 0.599. The van der Waals surface area contributed by atoms with E-state index in [1.165, 1.54) is 11.8 Å². The van der Waals surface area contributed by atoms with E-state index in [1.54, 1.807) is 25.3 Å². The number of aliphatic carboxylic acids is 1. The Balaban J connectivity index is 2.06. The number of aromatic hydroxyl groups is 1. The molecule has 0 radical (unpaired) electrons. The fraction of sp³-hybridized carbons (Fsp3) is 0.105. The van der Waals surface area contributed by atoms with E-state index >= 15 is 0 Å². The van der Waals surface area contributed by atoms with Crippen LogP contribution in [0.25, 0.3) is 10.8 Å². The van der Waals surface area contributed by atoms with E-state index in [0.717, 1.165) is 4.90 Å². The SMILES string of the molecule is COc1cccc(Sc2nc(C(=O)NCC(=O)O)c(O)c3ccccc23)c1. The highest BCUT2D eigenvalue weighted by atomic mass is 32.2. The number of carbonyl (C=O) groups is 2. The molecule has 7 nitrogen and oxygen atoms in total. The number of benzene rings is 2. The number of rotatable bonds is 6. The lowest BCUT2D eigenvalue weighted by Gasteiger charge is -2.12. The molecule has 3 rings (SSSR count). The summed E-state index contributed by atoms with van der Waals surface area (Å²) in [5.41, 5.74) is -0.222. The minimum absolute atomic E-state index is 0.222. The van der Waals surface area contributed by atoms with Gasteiger partial charge in [-0.2, -0.15) is 0 Å². The van der Waals surface area contributed by atoms with Crippen LogP contribution in [0.15, 0.2) is 58.5 Å². The largest absolute Gasteiger partial charge is 0.505 e. The Labute approximate surface area is 159 Å². The van der Waals surface area contributed by atoms with Crippen molar-refractivity contribution >= 4 is 34.4 Å². The highest BCUT2D eigenvalue weighted by Gasteiger charge is 2.20. The molecule has 0 fully saturated rings. The average Bonchev–Trinajstić information content (AvgIpc) is 2.68. The number of hydrogen-bond acceptors (Lipinski definition) is 6. The van der Waals surface area contributed by atoms with Crippen LogP contribution in [0.5, 0.6) is 11.5 Å². The molecule has 2 aromatic carbocycles. The van der Waals surface area contributed by atoms with E-state index in [4.69, 9.17) is 9.84 Å². The van der Waals surface area contributed by atoms with Gasteiger partial charge in [0.1, 0.15) is 17.3 Å². The molecule has 0 spiro atoms. The molecule has 1 amide bonds. The molecule has 1 heterocycles. The predicted molar refractivity (Wildman–Crippen MR) is 100 cm³/mol. The number of aromatic nitrogens is 1. The number of ether oxygens (including phenoxy) is 1. The van der Waals surface area contributed by atoms with Crippen molar-refractivity contribution in [3.63, 3.8) is 0 Å². The number of nitrogens with one attached hydrogen (secondary N) is 1. The van der Waals surface area contributed by atoms with Gasteiger partial charge in [0.15, 0.2) is 11.4 Å². The summed E-state index contributed by atoms with van der Waals surface area (Å²) in [5.74, 6) is -1.55. The number of methoxy groups -OCH3 is 1. The van der Waals surface area contributed by atoms with E-state index < -0.39 is 18.4 Å². The van der Waals surface area contributed by atoms with Crippen molar-refractivity contribution in [3.05, 3.63) is 54.2 Å². The zero-order chi connectivity index (χ0) is 19.4. The Morgan fingerprint density at radius 1 is 1.15 bits per heavy atom. The molecule has 8 heteroatoms. The van der Waals surface area contributed by atoms with Crippen LogP contribution in [0.4, 0.5) is 0 Å². The van der Waals surface area contributed by atoms with Crippen molar-refractivity contribution in [2.75, 3.05) is 13.7 Å². The Hall–Kier alpha value is -3.26. The van der Waals surface area contributed by atoms with Crippen LogP contribution in [-0.4, -0.2) is 40.7 Å². The highest BCUT2D eigenvalue weighted by molar-refractivity contribution is 7.99. The van der Waals surface area contributed by atoms with Crippen LogP contribution in [0.1, 0.15) is 10.5 Å². The third-order valence-corrected chi connectivity index (χ3v) is 4.72. The number of pyridine rings is 1. The molecule has 0 saturated carbocycles. The maximum absolute atomic E-state index is 12.3. The van der Waals surface area contributed by atoms with Crippen molar-refractivity contribution < 1.29 is 24.5 Å². The zero-order valence-corrected chi connectivity index (χ0v) is 15.1. The topological polar surface area (TPSA) is 109 Å². The molecule has 0 aliphatic heterocycles. The molecule has 0 aliphatic carbocycles. The number of nitrogens with zero attached hydrogens (tertiary/aromatic N) is 1. The first-order valence-corrected chi connectivity index (χ1v) is 8.75. The number of hydrogen-bond donors (Lipinski definition) is 3. The molecule has 3 aromatic rings. The first-order chi connectivity index (χ1) is 13.0. The fourth-order valence-corrected chi connectivity index (χ4v) is 3.44. The fourth-order valence-electron chi connectivity index (χ4n) is 2.47.